The summed E-state index contributed by atoms with van der Waals surface area (Å²) in [4.78, 5) is 36.7. The number of amides is 2. The van der Waals surface area contributed by atoms with E-state index >= 15 is 0 Å². The van der Waals surface area contributed by atoms with Crippen molar-refractivity contribution in [2.24, 2.45) is 0 Å². The Morgan fingerprint density at radius 2 is 1.91 bits per heavy atom. The zero-order chi connectivity index (χ0) is 24.7. The summed E-state index contributed by atoms with van der Waals surface area (Å²) in [6.45, 7) is 8.36. The first kappa shape index (κ1) is 25.3. The monoisotopic (exact) mass is 470 g/mol. The maximum Gasteiger partial charge on any atom is 0.410 e. The minimum absolute atomic E-state index is 0.00470. The van der Waals surface area contributed by atoms with Gasteiger partial charge in [0, 0.05) is 24.8 Å². The molecular weight excluding hydrogens is 436 g/mol. The molecule has 1 aliphatic rings. The molecule has 1 fully saturated rings. The van der Waals surface area contributed by atoms with Crippen molar-refractivity contribution in [3.8, 4) is 5.75 Å². The Balaban J connectivity index is 1.54. The molecule has 184 valence electrons. The lowest BCUT2D eigenvalue weighted by Gasteiger charge is -2.38. The summed E-state index contributed by atoms with van der Waals surface area (Å²) in [5, 5.41) is 3.37. The Morgan fingerprint density at radius 3 is 2.56 bits per heavy atom. The molecule has 0 aliphatic carbocycles. The van der Waals surface area contributed by atoms with E-state index in [0.717, 1.165) is 17.7 Å². The van der Waals surface area contributed by atoms with Gasteiger partial charge in [-0.25, -0.2) is 15.3 Å². The molecule has 3 rings (SSSR count). The highest BCUT2D eigenvalue weighted by atomic mass is 16.6. The SMILES string of the molecule is COc1ccc(CONC(=O)c2cccnc2NC2CCN(C(=O)OC(C)(C)C)C(C)C2)cc1. The molecule has 1 aromatic carbocycles. The summed E-state index contributed by atoms with van der Waals surface area (Å²) < 4.78 is 10.7. The first-order valence-corrected chi connectivity index (χ1v) is 11.4. The van der Waals surface area contributed by atoms with Gasteiger partial charge < -0.3 is 19.7 Å². The molecule has 1 aromatic heterocycles. The van der Waals surface area contributed by atoms with Crippen LogP contribution in [0, 0.1) is 0 Å². The van der Waals surface area contributed by atoms with Crippen molar-refractivity contribution in [3.05, 3.63) is 53.7 Å². The normalized spacial score (nSPS) is 18.2. The van der Waals surface area contributed by atoms with Crippen LogP contribution in [0.2, 0.25) is 0 Å². The van der Waals surface area contributed by atoms with Gasteiger partial charge in [0.2, 0.25) is 0 Å². The van der Waals surface area contributed by atoms with Crippen LogP contribution in [0.15, 0.2) is 42.6 Å². The van der Waals surface area contributed by atoms with Crippen molar-refractivity contribution < 1.29 is 23.9 Å². The Morgan fingerprint density at radius 1 is 1.18 bits per heavy atom. The number of aromatic nitrogens is 1. The number of nitrogens with one attached hydrogen (secondary N) is 2. The highest BCUT2D eigenvalue weighted by Gasteiger charge is 2.32. The van der Waals surface area contributed by atoms with Crippen LogP contribution < -0.4 is 15.5 Å². The van der Waals surface area contributed by atoms with Crippen LogP contribution >= 0.6 is 0 Å². The van der Waals surface area contributed by atoms with Crippen molar-refractivity contribution in [2.75, 3.05) is 19.0 Å². The number of anilines is 1. The van der Waals surface area contributed by atoms with E-state index in [-0.39, 0.29) is 30.7 Å². The number of hydroxylamine groups is 1. The van der Waals surface area contributed by atoms with E-state index < -0.39 is 5.60 Å². The second-order valence-corrected chi connectivity index (χ2v) is 9.36. The summed E-state index contributed by atoms with van der Waals surface area (Å²) in [6.07, 6.45) is 2.77. The summed E-state index contributed by atoms with van der Waals surface area (Å²) in [5.41, 5.74) is 3.24. The second kappa shape index (κ2) is 11.2. The van der Waals surface area contributed by atoms with E-state index in [9.17, 15) is 9.59 Å². The van der Waals surface area contributed by atoms with Crippen LogP contribution in [0.1, 0.15) is 56.5 Å². The third-order valence-electron chi connectivity index (χ3n) is 5.46. The number of methoxy groups -OCH3 is 1. The number of benzene rings is 1. The van der Waals surface area contributed by atoms with Gasteiger partial charge in [-0.3, -0.25) is 9.63 Å². The third kappa shape index (κ3) is 7.08. The van der Waals surface area contributed by atoms with Crippen LogP contribution in [0.25, 0.3) is 0 Å². The number of pyridine rings is 1. The van der Waals surface area contributed by atoms with Crippen LogP contribution in [0.5, 0.6) is 5.75 Å². The number of carbonyl (C=O) groups is 2. The predicted molar refractivity (Wildman–Crippen MR) is 129 cm³/mol. The number of nitrogens with zero attached hydrogens (tertiary/aromatic N) is 2. The average molecular weight is 471 g/mol. The minimum Gasteiger partial charge on any atom is -0.497 e. The van der Waals surface area contributed by atoms with Gasteiger partial charge in [-0.1, -0.05) is 12.1 Å². The lowest BCUT2D eigenvalue weighted by Crippen LogP contribution is -2.49. The van der Waals surface area contributed by atoms with Gasteiger partial charge in [-0.05, 0) is 70.4 Å². The first-order chi connectivity index (χ1) is 16.2. The number of likely N-dealkylation sites (tertiary alicyclic amines) is 1. The van der Waals surface area contributed by atoms with Crippen LogP contribution in [-0.2, 0) is 16.2 Å². The molecular formula is C25H34N4O5. The van der Waals surface area contributed by atoms with Crippen molar-refractivity contribution in [1.82, 2.24) is 15.4 Å². The number of piperidine rings is 1. The summed E-state index contributed by atoms with van der Waals surface area (Å²) in [6, 6.07) is 10.9. The summed E-state index contributed by atoms with van der Waals surface area (Å²) >= 11 is 0. The van der Waals surface area contributed by atoms with E-state index in [0.29, 0.717) is 24.3 Å². The molecule has 2 amide bonds. The second-order valence-electron chi connectivity index (χ2n) is 9.36. The third-order valence-corrected chi connectivity index (χ3v) is 5.46. The number of carbonyl (C=O) groups excluding carboxylic acids is 2. The van der Waals surface area contributed by atoms with Gasteiger partial charge in [0.05, 0.1) is 19.3 Å². The van der Waals surface area contributed by atoms with Gasteiger partial charge in [0.15, 0.2) is 0 Å². The maximum atomic E-state index is 12.7. The van der Waals surface area contributed by atoms with E-state index in [2.05, 4.69) is 15.8 Å². The fourth-order valence-corrected chi connectivity index (χ4v) is 3.75. The van der Waals surface area contributed by atoms with E-state index in [4.69, 9.17) is 14.3 Å². The Bertz CT molecular complexity index is 974. The zero-order valence-electron chi connectivity index (χ0n) is 20.5. The quantitative estimate of drug-likeness (QED) is 0.586. The van der Waals surface area contributed by atoms with Gasteiger partial charge >= 0.3 is 6.09 Å². The number of ether oxygens (including phenoxy) is 2. The minimum atomic E-state index is -0.530. The average Bonchev–Trinajstić information content (AvgIpc) is 2.78. The highest BCUT2D eigenvalue weighted by molar-refractivity contribution is 5.98. The molecule has 0 bridgehead atoms. The van der Waals surface area contributed by atoms with Crippen molar-refractivity contribution in [2.45, 2.75) is 64.8 Å². The molecule has 34 heavy (non-hydrogen) atoms. The van der Waals surface area contributed by atoms with Gasteiger partial charge in [0.1, 0.15) is 17.2 Å². The van der Waals surface area contributed by atoms with Gasteiger partial charge in [-0.15, -0.1) is 0 Å². The number of hydrogen-bond donors (Lipinski definition) is 2. The molecule has 9 heteroatoms. The van der Waals surface area contributed by atoms with E-state index in [1.807, 2.05) is 52.0 Å². The molecule has 2 N–H and O–H groups in total. The van der Waals surface area contributed by atoms with Crippen LogP contribution in [-0.4, -0.2) is 53.2 Å². The Hall–Kier alpha value is -3.33. The molecule has 0 spiro atoms. The number of rotatable bonds is 7. The fourth-order valence-electron chi connectivity index (χ4n) is 3.75. The predicted octanol–water partition coefficient (Wildman–Crippen LogP) is 4.15. The van der Waals surface area contributed by atoms with Crippen molar-refractivity contribution in [3.63, 3.8) is 0 Å². The largest absolute Gasteiger partial charge is 0.497 e. The lowest BCUT2D eigenvalue weighted by atomic mass is 9.98. The lowest BCUT2D eigenvalue weighted by molar-refractivity contribution is 0.0112. The molecule has 2 heterocycles. The Labute approximate surface area is 200 Å². The molecule has 2 unspecified atom stereocenters. The molecule has 0 radical (unpaired) electrons. The molecule has 0 saturated carbocycles. The van der Waals surface area contributed by atoms with E-state index in [1.54, 1.807) is 30.3 Å². The van der Waals surface area contributed by atoms with E-state index in [1.165, 1.54) is 0 Å². The molecule has 9 nitrogen and oxygen atoms in total. The standard InChI is InChI=1S/C25H34N4O5/c1-17-15-19(12-14-29(17)24(31)34-25(2,3)4)27-22-21(7-6-13-26-22)23(30)28-33-16-18-8-10-20(32-5)11-9-18/h6-11,13,17,19H,12,14-16H2,1-5H3,(H,26,27)(H,28,30). The maximum absolute atomic E-state index is 12.7. The molecule has 1 saturated heterocycles. The molecule has 1 aliphatic heterocycles. The van der Waals surface area contributed by atoms with Crippen molar-refractivity contribution >= 4 is 17.8 Å². The van der Waals surface area contributed by atoms with Crippen LogP contribution in [0.3, 0.4) is 0 Å². The number of hydrogen-bond acceptors (Lipinski definition) is 7. The summed E-state index contributed by atoms with van der Waals surface area (Å²) in [7, 11) is 1.61. The summed E-state index contributed by atoms with van der Waals surface area (Å²) in [5.74, 6) is 0.851. The molecule has 2 atom stereocenters. The highest BCUT2D eigenvalue weighted by Crippen LogP contribution is 2.24. The zero-order valence-corrected chi connectivity index (χ0v) is 20.5. The Kier molecular flexibility index (Phi) is 8.33. The smallest absolute Gasteiger partial charge is 0.410 e. The van der Waals surface area contributed by atoms with Crippen LogP contribution in [0.4, 0.5) is 10.6 Å². The van der Waals surface area contributed by atoms with Gasteiger partial charge in [-0.2, -0.15) is 0 Å². The van der Waals surface area contributed by atoms with Gasteiger partial charge in [0.25, 0.3) is 5.91 Å². The first-order valence-electron chi connectivity index (χ1n) is 11.4. The molecule has 2 aromatic rings. The topological polar surface area (TPSA) is 102 Å². The van der Waals surface area contributed by atoms with Crippen molar-refractivity contribution in [1.29, 1.82) is 0 Å². The fraction of sp³-hybridized carbons (Fsp3) is 0.480.